The number of ether oxygens (including phenoxy) is 2. The number of aromatic nitrogens is 2. The minimum Gasteiger partial charge on any atom is -0.485 e. The van der Waals surface area contributed by atoms with E-state index in [1.807, 2.05) is 48.2 Å². The van der Waals surface area contributed by atoms with Crippen molar-refractivity contribution in [1.29, 1.82) is 0 Å². The average molecular weight is 631 g/mol. The number of carbonyl (C=O) groups excluding carboxylic acids is 2. The average Bonchev–Trinajstić information content (AvgIpc) is 3.43. The SMILES string of the molecule is CCC1=C(N2CCN(C(=O)c3ncnc(C)c3OCc3ccccc3)CC2)C(=O)N2C(=NC(C3=CCOCC3)N2C)N1CC(=O)O. The standard InChI is InChI=1S/C32H38N8O6/c1-4-24-27(31(44)40-32(39(24)18-25(41)42)35-29(36(40)3)23-10-16-45-17-11-23)37-12-14-38(15-13-37)30(43)26-28(21(2)33-20-34-26)46-19-22-8-6-5-7-9-22/h5-10,20,29H,4,11-19H2,1-3H3,(H,41,42). The molecule has 1 aromatic carbocycles. The van der Waals surface area contributed by atoms with Gasteiger partial charge in [0.1, 0.15) is 31.3 Å². The molecule has 1 fully saturated rings. The Morgan fingerprint density at radius 3 is 2.54 bits per heavy atom. The maximum Gasteiger partial charge on any atom is 0.323 e. The molecule has 1 aromatic heterocycles. The molecule has 242 valence electrons. The van der Waals surface area contributed by atoms with E-state index in [0.29, 0.717) is 81.0 Å². The van der Waals surface area contributed by atoms with Crippen molar-refractivity contribution in [3.63, 3.8) is 0 Å². The number of piperazine rings is 1. The minimum atomic E-state index is -1.03. The predicted molar refractivity (Wildman–Crippen MR) is 166 cm³/mol. The molecule has 0 aliphatic carbocycles. The van der Waals surface area contributed by atoms with Gasteiger partial charge in [0.2, 0.25) is 5.96 Å². The number of likely N-dealkylation sites (N-methyl/N-ethyl adjacent to an activating group) is 1. The number of amides is 2. The molecule has 0 saturated carbocycles. The Bertz CT molecular complexity index is 1600. The number of carboxylic acid groups (broad SMARTS) is 1. The van der Waals surface area contributed by atoms with Gasteiger partial charge in [-0.05, 0) is 30.9 Å². The van der Waals surface area contributed by atoms with Gasteiger partial charge in [-0.2, -0.15) is 5.01 Å². The highest BCUT2D eigenvalue weighted by Gasteiger charge is 2.48. The van der Waals surface area contributed by atoms with Gasteiger partial charge in [-0.25, -0.2) is 20.0 Å². The zero-order chi connectivity index (χ0) is 32.4. The molecule has 1 N–H and O–H groups in total. The Kier molecular flexibility index (Phi) is 8.99. The second kappa shape index (κ2) is 13.3. The number of aliphatic carboxylic acids is 1. The molecule has 4 aliphatic heterocycles. The molecule has 5 heterocycles. The third kappa shape index (κ3) is 5.93. The number of hydrazine groups is 1. The molecule has 1 saturated heterocycles. The van der Waals surface area contributed by atoms with Crippen molar-refractivity contribution in [2.45, 2.75) is 39.5 Å². The number of guanidine groups is 1. The Labute approximate surface area is 267 Å². The van der Waals surface area contributed by atoms with Crippen molar-refractivity contribution in [3.8, 4) is 5.75 Å². The van der Waals surface area contributed by atoms with Crippen LogP contribution in [-0.2, 0) is 20.9 Å². The first-order valence-corrected chi connectivity index (χ1v) is 15.4. The molecule has 2 aromatic rings. The summed E-state index contributed by atoms with van der Waals surface area (Å²) in [5, 5.41) is 13.1. The lowest BCUT2D eigenvalue weighted by molar-refractivity contribution is -0.141. The Morgan fingerprint density at radius 2 is 1.87 bits per heavy atom. The van der Waals surface area contributed by atoms with Crippen molar-refractivity contribution in [2.75, 3.05) is 53.0 Å². The van der Waals surface area contributed by atoms with E-state index < -0.39 is 12.1 Å². The third-order valence-electron chi connectivity index (χ3n) is 8.58. The lowest BCUT2D eigenvalue weighted by atomic mass is 10.1. The fourth-order valence-corrected chi connectivity index (χ4v) is 6.26. The quantitative estimate of drug-likeness (QED) is 0.406. The van der Waals surface area contributed by atoms with E-state index in [1.165, 1.54) is 11.3 Å². The van der Waals surface area contributed by atoms with Gasteiger partial charge in [0, 0.05) is 33.2 Å². The van der Waals surface area contributed by atoms with Crippen LogP contribution >= 0.6 is 0 Å². The number of carboxylic acids is 1. The molecule has 14 heteroatoms. The zero-order valence-electron chi connectivity index (χ0n) is 26.3. The second-order valence-electron chi connectivity index (χ2n) is 11.4. The number of fused-ring (bicyclic) bond motifs is 1. The van der Waals surface area contributed by atoms with Crippen LogP contribution in [0.1, 0.15) is 41.5 Å². The number of aryl methyl sites for hydroxylation is 1. The highest BCUT2D eigenvalue weighted by atomic mass is 16.5. The summed E-state index contributed by atoms with van der Waals surface area (Å²) in [6.07, 6.45) is 4.00. The summed E-state index contributed by atoms with van der Waals surface area (Å²) in [5.74, 6) is -0.914. The number of rotatable bonds is 9. The molecule has 1 atom stereocenters. The Morgan fingerprint density at radius 1 is 1.11 bits per heavy atom. The van der Waals surface area contributed by atoms with Crippen molar-refractivity contribution >= 4 is 23.7 Å². The number of allylic oxidation sites excluding steroid dienone is 1. The van der Waals surface area contributed by atoms with Gasteiger partial charge < -0.3 is 29.3 Å². The number of benzene rings is 1. The molecule has 0 spiro atoms. The number of hydrogen-bond donors (Lipinski definition) is 1. The molecular formula is C32H38N8O6. The van der Waals surface area contributed by atoms with Gasteiger partial charge in [0.05, 0.1) is 24.6 Å². The third-order valence-corrected chi connectivity index (χ3v) is 8.58. The monoisotopic (exact) mass is 630 g/mol. The second-order valence-corrected chi connectivity index (χ2v) is 11.4. The summed E-state index contributed by atoms with van der Waals surface area (Å²) >= 11 is 0. The highest BCUT2D eigenvalue weighted by Crippen LogP contribution is 2.35. The molecule has 14 nitrogen and oxygen atoms in total. The normalized spacial score (nSPS) is 20.5. The maximum atomic E-state index is 14.2. The highest BCUT2D eigenvalue weighted by molar-refractivity contribution is 6.09. The molecule has 2 amide bonds. The summed E-state index contributed by atoms with van der Waals surface area (Å²) in [5.41, 5.74) is 3.77. The van der Waals surface area contributed by atoms with Crippen LogP contribution in [0.5, 0.6) is 5.75 Å². The van der Waals surface area contributed by atoms with Crippen LogP contribution in [0.25, 0.3) is 0 Å². The van der Waals surface area contributed by atoms with Crippen LogP contribution in [0.3, 0.4) is 0 Å². The number of hydrogen-bond acceptors (Lipinski definition) is 11. The van der Waals surface area contributed by atoms with E-state index in [9.17, 15) is 19.5 Å². The van der Waals surface area contributed by atoms with Crippen molar-refractivity contribution in [3.05, 3.63) is 76.7 Å². The molecule has 0 bridgehead atoms. The number of carbonyl (C=O) groups is 3. The smallest absolute Gasteiger partial charge is 0.323 e. The molecule has 6 rings (SSSR count). The van der Waals surface area contributed by atoms with Gasteiger partial charge in [0.15, 0.2) is 11.4 Å². The summed E-state index contributed by atoms with van der Waals surface area (Å²) in [6, 6.07) is 9.66. The Hall–Kier alpha value is -4.82. The van der Waals surface area contributed by atoms with E-state index in [2.05, 4.69) is 9.97 Å². The fourth-order valence-electron chi connectivity index (χ4n) is 6.26. The lowest BCUT2D eigenvalue weighted by Crippen LogP contribution is -2.60. The summed E-state index contributed by atoms with van der Waals surface area (Å²) < 4.78 is 11.5. The molecule has 4 aliphatic rings. The fraction of sp³-hybridized carbons (Fsp3) is 0.438. The van der Waals surface area contributed by atoms with Crippen molar-refractivity contribution < 1.29 is 29.0 Å². The minimum absolute atomic E-state index is 0.194. The first-order chi connectivity index (χ1) is 22.3. The van der Waals surface area contributed by atoms with Gasteiger partial charge in [0.25, 0.3) is 11.8 Å². The van der Waals surface area contributed by atoms with Crippen molar-refractivity contribution in [1.82, 2.24) is 34.7 Å². The van der Waals surface area contributed by atoms with Gasteiger partial charge in [-0.15, -0.1) is 0 Å². The molecular weight excluding hydrogens is 592 g/mol. The number of nitrogens with zero attached hydrogens (tertiary/aromatic N) is 8. The van der Waals surface area contributed by atoms with E-state index in [1.54, 1.807) is 28.8 Å². The van der Waals surface area contributed by atoms with Gasteiger partial charge in [-0.1, -0.05) is 43.3 Å². The summed E-state index contributed by atoms with van der Waals surface area (Å²) in [7, 11) is 1.79. The molecule has 0 radical (unpaired) electrons. The molecule has 1 unspecified atom stereocenters. The van der Waals surface area contributed by atoms with E-state index in [0.717, 1.165) is 11.1 Å². The van der Waals surface area contributed by atoms with Crippen molar-refractivity contribution in [2.24, 2.45) is 4.99 Å². The predicted octanol–water partition coefficient (Wildman–Crippen LogP) is 1.86. The lowest BCUT2D eigenvalue weighted by Gasteiger charge is -2.44. The summed E-state index contributed by atoms with van der Waals surface area (Å²) in [6.45, 7) is 6.06. The van der Waals surface area contributed by atoms with E-state index in [-0.39, 0.29) is 30.7 Å². The maximum absolute atomic E-state index is 14.2. The largest absolute Gasteiger partial charge is 0.485 e. The van der Waals surface area contributed by atoms with Crippen LogP contribution in [0.15, 0.2) is 64.7 Å². The Balaban J connectivity index is 1.22. The topological polar surface area (TPSA) is 144 Å². The van der Waals surface area contributed by atoms with Crippen LogP contribution < -0.4 is 4.74 Å². The van der Waals surface area contributed by atoms with Gasteiger partial charge in [-0.3, -0.25) is 14.4 Å². The van der Waals surface area contributed by atoms with E-state index >= 15 is 0 Å². The molecule has 46 heavy (non-hydrogen) atoms. The van der Waals surface area contributed by atoms with Crippen LogP contribution in [0, 0.1) is 6.92 Å². The summed E-state index contributed by atoms with van der Waals surface area (Å²) in [4.78, 5) is 58.7. The van der Waals surface area contributed by atoms with Gasteiger partial charge >= 0.3 is 5.97 Å². The first-order valence-electron chi connectivity index (χ1n) is 15.4. The van der Waals surface area contributed by atoms with Crippen LogP contribution in [0.2, 0.25) is 0 Å². The number of aliphatic imine (C=N–C) groups is 1. The van der Waals surface area contributed by atoms with Crippen LogP contribution in [-0.4, -0.2) is 123 Å². The first kappa shape index (κ1) is 31.2. The zero-order valence-corrected chi connectivity index (χ0v) is 26.3. The van der Waals surface area contributed by atoms with Crippen LogP contribution in [0.4, 0.5) is 0 Å². The van der Waals surface area contributed by atoms with E-state index in [4.69, 9.17) is 14.5 Å².